The number of aromatic nitrogens is 2. The number of carbonyl (C=O) groups excluding carboxylic acids is 1. The number of amides is 1. The van der Waals surface area contributed by atoms with Gasteiger partial charge in [0.1, 0.15) is 11.3 Å². The van der Waals surface area contributed by atoms with Crippen LogP contribution in [0.4, 0.5) is 5.13 Å². The monoisotopic (exact) mass is 379 g/mol. The second-order valence-corrected chi connectivity index (χ2v) is 7.02. The molecule has 3 aromatic heterocycles. The average Bonchev–Trinajstić information content (AvgIpc) is 3.22. The average molecular weight is 379 g/mol. The quantitative estimate of drug-likeness (QED) is 0.549. The Morgan fingerprint density at radius 3 is 2.81 bits per heavy atom. The first-order valence-electron chi connectivity index (χ1n) is 8.34. The topological polar surface area (TPSA) is 77.2 Å². The van der Waals surface area contributed by atoms with Crippen LogP contribution in [0.2, 0.25) is 0 Å². The zero-order chi connectivity index (χ0) is 19.0. The minimum Gasteiger partial charge on any atom is -0.497 e. The Kier molecular flexibility index (Phi) is 4.37. The van der Waals surface area contributed by atoms with E-state index < -0.39 is 0 Å². The molecule has 1 amide bonds. The third-order valence-corrected chi connectivity index (χ3v) is 5.36. The Morgan fingerprint density at radius 2 is 2.07 bits per heavy atom. The molecule has 0 bridgehead atoms. The van der Waals surface area contributed by atoms with Gasteiger partial charge in [0.05, 0.1) is 23.4 Å². The lowest BCUT2D eigenvalue weighted by Gasteiger charge is -1.99. The number of furan rings is 1. The van der Waals surface area contributed by atoms with Crippen LogP contribution in [0.15, 0.2) is 47.0 Å². The van der Waals surface area contributed by atoms with Crippen LogP contribution >= 0.6 is 11.3 Å². The summed E-state index contributed by atoms with van der Waals surface area (Å²) in [5.41, 5.74) is 3.06. The molecule has 3 heterocycles. The van der Waals surface area contributed by atoms with Crippen molar-refractivity contribution in [3.63, 3.8) is 0 Å². The van der Waals surface area contributed by atoms with Gasteiger partial charge in [-0.25, -0.2) is 4.98 Å². The molecule has 0 saturated heterocycles. The number of methoxy groups -OCH3 is 1. The zero-order valence-electron chi connectivity index (χ0n) is 15.1. The Morgan fingerprint density at radius 1 is 1.22 bits per heavy atom. The molecule has 0 aliphatic heterocycles. The Balaban J connectivity index is 1.63. The van der Waals surface area contributed by atoms with E-state index in [2.05, 4.69) is 15.3 Å². The molecule has 4 rings (SSSR count). The summed E-state index contributed by atoms with van der Waals surface area (Å²) >= 11 is 1.39. The van der Waals surface area contributed by atoms with E-state index in [-0.39, 0.29) is 11.7 Å². The summed E-state index contributed by atoms with van der Waals surface area (Å²) in [6.07, 6.45) is 1.73. The van der Waals surface area contributed by atoms with E-state index in [1.54, 1.807) is 25.4 Å². The van der Waals surface area contributed by atoms with Gasteiger partial charge in [-0.3, -0.25) is 15.1 Å². The number of anilines is 1. The van der Waals surface area contributed by atoms with E-state index in [1.165, 1.54) is 11.3 Å². The summed E-state index contributed by atoms with van der Waals surface area (Å²) in [6, 6.07) is 11.2. The summed E-state index contributed by atoms with van der Waals surface area (Å²) in [5.74, 6) is 0.656. The minimum atomic E-state index is -0.330. The standard InChI is InChI=1S/C20H17N3O3S/c1-11-14-10-13(25-3)7-8-16(14)26-17(11)19(24)23-20-22-12(2)18(27-20)15-6-4-5-9-21-15/h4-10H,1-3H3,(H,22,23,24). The van der Waals surface area contributed by atoms with Crippen LogP contribution in [-0.4, -0.2) is 23.0 Å². The van der Waals surface area contributed by atoms with Crippen molar-refractivity contribution < 1.29 is 13.9 Å². The zero-order valence-corrected chi connectivity index (χ0v) is 15.9. The fourth-order valence-electron chi connectivity index (χ4n) is 2.88. The normalized spacial score (nSPS) is 10.9. The van der Waals surface area contributed by atoms with Gasteiger partial charge in [0.2, 0.25) is 0 Å². The van der Waals surface area contributed by atoms with Gasteiger partial charge in [0.25, 0.3) is 5.91 Å². The van der Waals surface area contributed by atoms with Gasteiger partial charge in [0, 0.05) is 17.1 Å². The first kappa shape index (κ1) is 17.2. The molecule has 0 radical (unpaired) electrons. The van der Waals surface area contributed by atoms with Gasteiger partial charge in [0.15, 0.2) is 10.9 Å². The lowest BCUT2D eigenvalue weighted by atomic mass is 10.1. The molecule has 27 heavy (non-hydrogen) atoms. The largest absolute Gasteiger partial charge is 0.497 e. The first-order valence-corrected chi connectivity index (χ1v) is 9.16. The highest BCUT2D eigenvalue weighted by atomic mass is 32.1. The van der Waals surface area contributed by atoms with Crippen molar-refractivity contribution in [1.29, 1.82) is 0 Å². The highest BCUT2D eigenvalue weighted by Crippen LogP contribution is 2.33. The smallest absolute Gasteiger partial charge is 0.293 e. The molecule has 4 aromatic rings. The van der Waals surface area contributed by atoms with Crippen molar-refractivity contribution in [2.75, 3.05) is 12.4 Å². The molecule has 136 valence electrons. The van der Waals surface area contributed by atoms with E-state index in [9.17, 15) is 4.79 Å². The van der Waals surface area contributed by atoms with Gasteiger partial charge in [-0.2, -0.15) is 0 Å². The number of rotatable bonds is 4. The number of aryl methyl sites for hydroxylation is 2. The van der Waals surface area contributed by atoms with Gasteiger partial charge in [-0.15, -0.1) is 0 Å². The van der Waals surface area contributed by atoms with Crippen molar-refractivity contribution in [3.05, 3.63) is 59.6 Å². The number of nitrogens with one attached hydrogen (secondary N) is 1. The lowest BCUT2D eigenvalue weighted by molar-refractivity contribution is 0.0998. The number of hydrogen-bond donors (Lipinski definition) is 1. The Labute approximate surface area is 159 Å². The molecule has 0 spiro atoms. The molecule has 0 unspecified atom stereocenters. The van der Waals surface area contributed by atoms with Crippen LogP contribution in [0, 0.1) is 13.8 Å². The highest BCUT2D eigenvalue weighted by Gasteiger charge is 2.20. The van der Waals surface area contributed by atoms with Gasteiger partial charge < -0.3 is 9.15 Å². The van der Waals surface area contributed by atoms with Crippen molar-refractivity contribution in [1.82, 2.24) is 9.97 Å². The van der Waals surface area contributed by atoms with Crippen LogP contribution in [0.25, 0.3) is 21.5 Å². The molecule has 1 aromatic carbocycles. The minimum absolute atomic E-state index is 0.269. The maximum Gasteiger partial charge on any atom is 0.293 e. The number of hydrogen-bond acceptors (Lipinski definition) is 6. The molecule has 0 atom stereocenters. The molecule has 6 nitrogen and oxygen atoms in total. The van der Waals surface area contributed by atoms with Crippen LogP contribution in [0.5, 0.6) is 5.75 Å². The second-order valence-electron chi connectivity index (χ2n) is 6.02. The number of pyridine rings is 1. The van der Waals surface area contributed by atoms with E-state index in [4.69, 9.17) is 9.15 Å². The predicted octanol–water partition coefficient (Wildman–Crippen LogP) is 4.83. The number of carbonyl (C=O) groups is 1. The summed E-state index contributed by atoms with van der Waals surface area (Å²) in [4.78, 5) is 22.5. The van der Waals surface area contributed by atoms with E-state index in [0.29, 0.717) is 16.5 Å². The molecule has 0 saturated carbocycles. The molecular weight excluding hydrogens is 362 g/mol. The van der Waals surface area contributed by atoms with Crippen molar-refractivity contribution in [3.8, 4) is 16.3 Å². The Bertz CT molecular complexity index is 1130. The third-order valence-electron chi connectivity index (χ3n) is 4.26. The third kappa shape index (κ3) is 3.17. The molecule has 0 aliphatic rings. The van der Waals surface area contributed by atoms with Crippen LogP contribution in [-0.2, 0) is 0 Å². The second kappa shape index (κ2) is 6.85. The van der Waals surface area contributed by atoms with Gasteiger partial charge in [-0.1, -0.05) is 17.4 Å². The number of benzene rings is 1. The molecule has 1 N–H and O–H groups in total. The number of thiazole rings is 1. The van der Waals surface area contributed by atoms with Crippen LogP contribution in [0.1, 0.15) is 21.8 Å². The SMILES string of the molecule is COc1ccc2oc(C(=O)Nc3nc(C)c(-c4ccccn4)s3)c(C)c2c1. The fraction of sp³-hybridized carbons (Fsp3) is 0.150. The molecule has 0 aliphatic carbocycles. The maximum absolute atomic E-state index is 12.7. The summed E-state index contributed by atoms with van der Waals surface area (Å²) in [6.45, 7) is 3.75. The maximum atomic E-state index is 12.7. The summed E-state index contributed by atoms with van der Waals surface area (Å²) < 4.78 is 11.0. The first-order chi connectivity index (χ1) is 13.1. The molecule has 7 heteroatoms. The van der Waals surface area contributed by atoms with E-state index >= 15 is 0 Å². The van der Waals surface area contributed by atoms with Crippen molar-refractivity contribution >= 4 is 33.3 Å². The van der Waals surface area contributed by atoms with Crippen LogP contribution in [0.3, 0.4) is 0 Å². The van der Waals surface area contributed by atoms with Gasteiger partial charge in [-0.05, 0) is 44.2 Å². The van der Waals surface area contributed by atoms with Crippen LogP contribution < -0.4 is 10.1 Å². The lowest BCUT2D eigenvalue weighted by Crippen LogP contribution is -2.11. The number of fused-ring (bicyclic) bond motifs is 1. The van der Waals surface area contributed by atoms with E-state index in [0.717, 1.165) is 27.2 Å². The Hall–Kier alpha value is -3.19. The number of ether oxygens (including phenoxy) is 1. The van der Waals surface area contributed by atoms with E-state index in [1.807, 2.05) is 38.1 Å². The van der Waals surface area contributed by atoms with Crippen molar-refractivity contribution in [2.24, 2.45) is 0 Å². The predicted molar refractivity (Wildman–Crippen MR) is 106 cm³/mol. The molecule has 0 fully saturated rings. The van der Waals surface area contributed by atoms with Crippen molar-refractivity contribution in [2.45, 2.75) is 13.8 Å². The molecular formula is C20H17N3O3S. The van der Waals surface area contributed by atoms with Gasteiger partial charge >= 0.3 is 0 Å². The number of nitrogens with zero attached hydrogens (tertiary/aromatic N) is 2. The highest BCUT2D eigenvalue weighted by molar-refractivity contribution is 7.19. The summed E-state index contributed by atoms with van der Waals surface area (Å²) in [5, 5.41) is 4.20. The fourth-order valence-corrected chi connectivity index (χ4v) is 3.82. The summed E-state index contributed by atoms with van der Waals surface area (Å²) in [7, 11) is 1.61.